The van der Waals surface area contributed by atoms with Crippen molar-refractivity contribution in [1.82, 2.24) is 4.98 Å². The van der Waals surface area contributed by atoms with Gasteiger partial charge in [-0.3, -0.25) is 9.52 Å². The van der Waals surface area contributed by atoms with Crippen LogP contribution < -0.4 is 10.0 Å². The predicted octanol–water partition coefficient (Wildman–Crippen LogP) is 4.10. The van der Waals surface area contributed by atoms with E-state index in [1.807, 2.05) is 6.92 Å². The van der Waals surface area contributed by atoms with Crippen LogP contribution in [0.2, 0.25) is 5.15 Å². The van der Waals surface area contributed by atoms with Gasteiger partial charge >= 0.3 is 0 Å². The summed E-state index contributed by atoms with van der Waals surface area (Å²) in [5.41, 5.74) is 2.11. The minimum Gasteiger partial charge on any atom is -0.322 e. The first kappa shape index (κ1) is 18.9. The van der Waals surface area contributed by atoms with Crippen LogP contribution in [0.5, 0.6) is 0 Å². The van der Waals surface area contributed by atoms with Gasteiger partial charge in [-0.2, -0.15) is 0 Å². The van der Waals surface area contributed by atoms with Crippen molar-refractivity contribution < 1.29 is 13.2 Å². The SMILES string of the molecule is Cc1ccc(S(=O)(=O)Nc2ccc(NC(=O)c3cccnc3Cl)cc2)cc1. The average Bonchev–Trinajstić information content (AvgIpc) is 2.64. The van der Waals surface area contributed by atoms with Gasteiger partial charge in [-0.15, -0.1) is 0 Å². The van der Waals surface area contributed by atoms with Crippen molar-refractivity contribution >= 4 is 38.9 Å². The highest BCUT2D eigenvalue weighted by molar-refractivity contribution is 7.92. The average molecular weight is 402 g/mol. The fourth-order valence-electron chi connectivity index (χ4n) is 2.31. The van der Waals surface area contributed by atoms with Gasteiger partial charge in [0.1, 0.15) is 5.15 Å². The van der Waals surface area contributed by atoms with Crippen LogP contribution in [0.25, 0.3) is 0 Å². The molecule has 3 rings (SSSR count). The van der Waals surface area contributed by atoms with E-state index < -0.39 is 15.9 Å². The Morgan fingerprint density at radius 2 is 1.59 bits per heavy atom. The molecule has 1 aromatic heterocycles. The summed E-state index contributed by atoms with van der Waals surface area (Å²) in [7, 11) is -3.68. The van der Waals surface area contributed by atoms with Crippen LogP contribution in [0.4, 0.5) is 11.4 Å². The lowest BCUT2D eigenvalue weighted by Crippen LogP contribution is -2.14. The Labute approximate surface area is 162 Å². The van der Waals surface area contributed by atoms with Crippen LogP contribution in [0.3, 0.4) is 0 Å². The third kappa shape index (κ3) is 4.64. The molecule has 0 unspecified atom stereocenters. The number of aromatic nitrogens is 1. The lowest BCUT2D eigenvalue weighted by atomic mass is 10.2. The summed E-state index contributed by atoms with van der Waals surface area (Å²) in [6.45, 7) is 1.88. The molecule has 27 heavy (non-hydrogen) atoms. The molecule has 0 saturated carbocycles. The molecule has 1 heterocycles. The third-order valence-corrected chi connectivity index (χ3v) is 5.43. The van der Waals surface area contributed by atoms with Crippen LogP contribution in [-0.4, -0.2) is 19.3 Å². The Morgan fingerprint density at radius 1 is 0.963 bits per heavy atom. The predicted molar refractivity (Wildman–Crippen MR) is 106 cm³/mol. The molecule has 0 spiro atoms. The number of hydrogen-bond acceptors (Lipinski definition) is 4. The van der Waals surface area contributed by atoms with E-state index >= 15 is 0 Å². The molecular weight excluding hydrogens is 386 g/mol. The number of pyridine rings is 1. The van der Waals surface area contributed by atoms with Gasteiger partial charge < -0.3 is 5.32 Å². The van der Waals surface area contributed by atoms with Crippen LogP contribution in [0.1, 0.15) is 15.9 Å². The number of rotatable bonds is 5. The quantitative estimate of drug-likeness (QED) is 0.630. The molecule has 6 nitrogen and oxygen atoms in total. The molecule has 138 valence electrons. The Hall–Kier alpha value is -2.90. The van der Waals surface area contributed by atoms with E-state index in [0.717, 1.165) is 5.56 Å². The Kier molecular flexibility index (Phi) is 5.43. The number of hydrogen-bond donors (Lipinski definition) is 2. The van der Waals surface area contributed by atoms with Gasteiger partial charge in [-0.1, -0.05) is 29.3 Å². The summed E-state index contributed by atoms with van der Waals surface area (Å²) < 4.78 is 27.3. The summed E-state index contributed by atoms with van der Waals surface area (Å²) in [5.74, 6) is -0.402. The molecule has 2 N–H and O–H groups in total. The lowest BCUT2D eigenvalue weighted by Gasteiger charge is -2.10. The first-order valence-corrected chi connectivity index (χ1v) is 9.83. The molecule has 3 aromatic rings. The zero-order chi connectivity index (χ0) is 19.4. The van der Waals surface area contributed by atoms with Crippen molar-refractivity contribution in [2.45, 2.75) is 11.8 Å². The van der Waals surface area contributed by atoms with E-state index in [2.05, 4.69) is 15.0 Å². The second-order valence-corrected chi connectivity index (χ2v) is 7.83. The zero-order valence-corrected chi connectivity index (χ0v) is 15.9. The van der Waals surface area contributed by atoms with E-state index in [1.165, 1.54) is 6.20 Å². The second-order valence-electron chi connectivity index (χ2n) is 5.79. The van der Waals surface area contributed by atoms with Gasteiger partial charge in [0.2, 0.25) is 0 Å². The van der Waals surface area contributed by atoms with E-state index in [1.54, 1.807) is 60.7 Å². The Morgan fingerprint density at radius 3 is 2.22 bits per heavy atom. The standard InChI is InChI=1S/C19H16ClN3O3S/c1-13-4-10-16(11-5-13)27(25,26)23-15-8-6-14(7-9-15)22-19(24)17-3-2-12-21-18(17)20/h2-12,23H,1H3,(H,22,24). The molecule has 0 aliphatic heterocycles. The van der Waals surface area contributed by atoms with Crippen molar-refractivity contribution in [3.05, 3.63) is 83.1 Å². The number of benzene rings is 2. The molecule has 0 fully saturated rings. The molecule has 8 heteroatoms. The monoisotopic (exact) mass is 401 g/mol. The fourth-order valence-corrected chi connectivity index (χ4v) is 3.57. The zero-order valence-electron chi connectivity index (χ0n) is 14.3. The van der Waals surface area contributed by atoms with E-state index in [4.69, 9.17) is 11.6 Å². The first-order chi connectivity index (χ1) is 12.8. The number of carbonyl (C=O) groups is 1. The number of nitrogens with one attached hydrogen (secondary N) is 2. The molecule has 1 amide bonds. The maximum Gasteiger partial charge on any atom is 0.261 e. The molecule has 0 bridgehead atoms. The highest BCUT2D eigenvalue weighted by Gasteiger charge is 2.14. The van der Waals surface area contributed by atoms with Crippen molar-refractivity contribution in [2.24, 2.45) is 0 Å². The molecule has 0 aliphatic carbocycles. The third-order valence-electron chi connectivity index (χ3n) is 3.73. The number of halogens is 1. The van der Waals surface area contributed by atoms with Crippen LogP contribution in [0, 0.1) is 6.92 Å². The number of sulfonamides is 1. The highest BCUT2D eigenvalue weighted by Crippen LogP contribution is 2.20. The number of aryl methyl sites for hydroxylation is 1. The summed E-state index contributed by atoms with van der Waals surface area (Å²) in [6, 6.07) is 16.0. The van der Waals surface area contributed by atoms with E-state index in [9.17, 15) is 13.2 Å². The van der Waals surface area contributed by atoms with Gasteiger partial charge in [0.15, 0.2) is 0 Å². The number of amides is 1. The van der Waals surface area contributed by atoms with Gasteiger partial charge in [-0.25, -0.2) is 13.4 Å². The maximum absolute atomic E-state index is 12.4. The van der Waals surface area contributed by atoms with Gasteiger partial charge in [0.25, 0.3) is 15.9 Å². The minimum atomic E-state index is -3.68. The summed E-state index contributed by atoms with van der Waals surface area (Å²) >= 11 is 5.90. The van der Waals surface area contributed by atoms with Crippen LogP contribution >= 0.6 is 11.6 Å². The van der Waals surface area contributed by atoms with Crippen LogP contribution in [0.15, 0.2) is 71.8 Å². The maximum atomic E-state index is 12.4. The smallest absolute Gasteiger partial charge is 0.261 e. The van der Waals surface area contributed by atoms with Gasteiger partial charge in [0.05, 0.1) is 10.5 Å². The molecule has 0 atom stereocenters. The normalized spacial score (nSPS) is 11.0. The minimum absolute atomic E-state index is 0.109. The van der Waals surface area contributed by atoms with Crippen molar-refractivity contribution in [3.63, 3.8) is 0 Å². The molecule has 0 saturated heterocycles. The summed E-state index contributed by atoms with van der Waals surface area (Å²) in [4.78, 5) is 16.2. The van der Waals surface area contributed by atoms with Crippen molar-refractivity contribution in [1.29, 1.82) is 0 Å². The largest absolute Gasteiger partial charge is 0.322 e. The Bertz CT molecular complexity index is 1070. The van der Waals surface area contributed by atoms with E-state index in [0.29, 0.717) is 11.4 Å². The number of carbonyl (C=O) groups excluding carboxylic acids is 1. The molecule has 2 aromatic carbocycles. The van der Waals surface area contributed by atoms with E-state index in [-0.39, 0.29) is 15.6 Å². The molecule has 0 aliphatic rings. The van der Waals surface area contributed by atoms with Crippen molar-refractivity contribution in [3.8, 4) is 0 Å². The molecule has 0 radical (unpaired) electrons. The molecular formula is C19H16ClN3O3S. The fraction of sp³-hybridized carbons (Fsp3) is 0.0526. The second kappa shape index (κ2) is 7.77. The first-order valence-electron chi connectivity index (χ1n) is 7.96. The van der Waals surface area contributed by atoms with Gasteiger partial charge in [-0.05, 0) is 55.5 Å². The van der Waals surface area contributed by atoms with Gasteiger partial charge in [0, 0.05) is 17.6 Å². The highest BCUT2D eigenvalue weighted by atomic mass is 35.5. The van der Waals surface area contributed by atoms with Crippen molar-refractivity contribution in [2.75, 3.05) is 10.0 Å². The summed E-state index contributed by atoms with van der Waals surface area (Å²) in [5, 5.41) is 2.80. The lowest BCUT2D eigenvalue weighted by molar-refractivity contribution is 0.102. The summed E-state index contributed by atoms with van der Waals surface area (Å²) in [6.07, 6.45) is 1.49. The Balaban J connectivity index is 1.71. The van der Waals surface area contributed by atoms with Crippen LogP contribution in [-0.2, 0) is 10.0 Å². The number of anilines is 2. The number of nitrogens with zero attached hydrogens (tertiary/aromatic N) is 1. The topological polar surface area (TPSA) is 88.2 Å².